The minimum atomic E-state index is -1.14. The molecule has 1 fully saturated rings. The van der Waals surface area contributed by atoms with E-state index in [1.165, 1.54) is 4.90 Å². The minimum absolute atomic E-state index is 0.226. The lowest BCUT2D eigenvalue weighted by molar-refractivity contribution is -0.147. The van der Waals surface area contributed by atoms with Crippen LogP contribution in [0.3, 0.4) is 0 Å². The van der Waals surface area contributed by atoms with Crippen molar-refractivity contribution < 1.29 is 14.3 Å². The van der Waals surface area contributed by atoms with Crippen molar-refractivity contribution in [1.82, 2.24) is 4.90 Å². The minimum Gasteiger partial charge on any atom is -0.438 e. The van der Waals surface area contributed by atoms with E-state index in [1.54, 1.807) is 31.2 Å². The van der Waals surface area contributed by atoms with Crippen LogP contribution in [0, 0.1) is 5.41 Å². The molecule has 4 nitrogen and oxygen atoms in total. The number of ether oxygens (including phenoxy) is 1. The number of nitrogens with zero attached hydrogens (tertiary/aromatic N) is 1. The van der Waals surface area contributed by atoms with Crippen molar-refractivity contribution in [2.24, 2.45) is 5.41 Å². The summed E-state index contributed by atoms with van der Waals surface area (Å²) >= 11 is 3.34. The summed E-state index contributed by atoms with van der Waals surface area (Å²) in [6, 6.07) is 8.89. The molecule has 1 amide bonds. The highest BCUT2D eigenvalue weighted by Crippen LogP contribution is 2.41. The summed E-state index contributed by atoms with van der Waals surface area (Å²) in [5, 5.41) is 0. The molecule has 0 N–H and O–H groups in total. The number of alkyl halides is 1. The second-order valence-corrected chi connectivity index (χ2v) is 7.66. The lowest BCUT2D eigenvalue weighted by Gasteiger charge is -2.36. The zero-order valence-corrected chi connectivity index (χ0v) is 13.6. The molecule has 1 aromatic rings. The first-order valence-electron chi connectivity index (χ1n) is 6.44. The van der Waals surface area contributed by atoms with Gasteiger partial charge in [0.15, 0.2) is 10.7 Å². The van der Waals surface area contributed by atoms with E-state index in [0.29, 0.717) is 5.56 Å². The Morgan fingerprint density at radius 3 is 2.35 bits per heavy atom. The lowest BCUT2D eigenvalue weighted by atomic mass is 9.93. The van der Waals surface area contributed by atoms with Crippen LogP contribution >= 0.6 is 15.9 Å². The van der Waals surface area contributed by atoms with E-state index < -0.39 is 16.6 Å². The van der Waals surface area contributed by atoms with Gasteiger partial charge in [0, 0.05) is 11.0 Å². The quantitative estimate of drug-likeness (QED) is 0.448. The fourth-order valence-corrected chi connectivity index (χ4v) is 2.60. The van der Waals surface area contributed by atoms with E-state index in [-0.39, 0.29) is 11.3 Å². The Morgan fingerprint density at radius 2 is 1.85 bits per heavy atom. The molecule has 1 saturated heterocycles. The van der Waals surface area contributed by atoms with Crippen LogP contribution in [0.25, 0.3) is 0 Å². The Labute approximate surface area is 127 Å². The van der Waals surface area contributed by atoms with Gasteiger partial charge in [-0.2, -0.15) is 0 Å². The molecule has 0 saturated carbocycles. The number of cyclic esters (lactones) is 1. The monoisotopic (exact) mass is 339 g/mol. The summed E-state index contributed by atoms with van der Waals surface area (Å²) in [6.07, 6.45) is -0.605. The Hall–Kier alpha value is -1.36. The van der Waals surface area contributed by atoms with Gasteiger partial charge in [0.05, 0.1) is 0 Å². The number of rotatable bonds is 1. The predicted molar refractivity (Wildman–Crippen MR) is 79.3 cm³/mol. The Bertz CT molecular complexity index is 534. The highest BCUT2D eigenvalue weighted by molar-refractivity contribution is 9.10. The molecule has 2 unspecified atom stereocenters. The number of esters is 1. The summed E-state index contributed by atoms with van der Waals surface area (Å²) in [7, 11) is 0. The second-order valence-electron chi connectivity index (χ2n) is 6.12. The van der Waals surface area contributed by atoms with Gasteiger partial charge in [0.1, 0.15) is 0 Å². The van der Waals surface area contributed by atoms with Crippen molar-refractivity contribution in [3.05, 3.63) is 35.9 Å². The van der Waals surface area contributed by atoms with E-state index in [9.17, 15) is 9.59 Å². The molecule has 5 heteroatoms. The Balaban J connectivity index is 2.44. The Kier molecular flexibility index (Phi) is 3.67. The van der Waals surface area contributed by atoms with E-state index in [0.717, 1.165) is 0 Å². The van der Waals surface area contributed by atoms with Crippen LogP contribution in [-0.2, 0) is 9.53 Å². The maximum absolute atomic E-state index is 12.7. The van der Waals surface area contributed by atoms with Crippen molar-refractivity contribution in [3.8, 4) is 0 Å². The molecule has 1 heterocycles. The average Bonchev–Trinajstić information content (AvgIpc) is 2.61. The molecule has 1 aliphatic rings. The number of halogens is 1. The first-order valence-corrected chi connectivity index (χ1v) is 7.23. The maximum Gasteiger partial charge on any atom is 0.345 e. The van der Waals surface area contributed by atoms with Gasteiger partial charge in [-0.15, -0.1) is 0 Å². The summed E-state index contributed by atoms with van der Waals surface area (Å²) in [5.74, 6) is -0.669. The molecule has 0 bridgehead atoms. The molecule has 0 spiro atoms. The average molecular weight is 340 g/mol. The number of hydrogen-bond donors (Lipinski definition) is 0. The molecule has 0 radical (unpaired) electrons. The normalized spacial score (nSPS) is 26.6. The van der Waals surface area contributed by atoms with Crippen LogP contribution in [0.1, 0.15) is 38.1 Å². The highest BCUT2D eigenvalue weighted by atomic mass is 79.9. The van der Waals surface area contributed by atoms with Crippen LogP contribution in [-0.4, -0.2) is 27.5 Å². The molecule has 1 aliphatic heterocycles. The summed E-state index contributed by atoms with van der Waals surface area (Å²) in [4.78, 5) is 26.2. The van der Waals surface area contributed by atoms with E-state index in [2.05, 4.69) is 15.9 Å². The Morgan fingerprint density at radius 1 is 1.30 bits per heavy atom. The molecule has 2 rings (SSSR count). The van der Waals surface area contributed by atoms with Crippen molar-refractivity contribution in [1.29, 1.82) is 0 Å². The third-order valence-corrected chi connectivity index (χ3v) is 3.96. The van der Waals surface area contributed by atoms with E-state index in [4.69, 9.17) is 4.74 Å². The van der Waals surface area contributed by atoms with Gasteiger partial charge in [0.2, 0.25) is 0 Å². The van der Waals surface area contributed by atoms with Crippen molar-refractivity contribution >= 4 is 27.8 Å². The van der Waals surface area contributed by atoms with Crippen molar-refractivity contribution in [2.45, 2.75) is 38.4 Å². The van der Waals surface area contributed by atoms with Gasteiger partial charge in [-0.25, -0.2) is 4.79 Å². The van der Waals surface area contributed by atoms with Crippen molar-refractivity contribution in [3.63, 3.8) is 0 Å². The fraction of sp³-hybridized carbons (Fsp3) is 0.467. The third-order valence-electron chi connectivity index (χ3n) is 3.26. The number of carbonyl (C=O) groups excluding carboxylic acids is 2. The first kappa shape index (κ1) is 15.0. The maximum atomic E-state index is 12.7. The van der Waals surface area contributed by atoms with E-state index in [1.807, 2.05) is 26.8 Å². The number of benzene rings is 1. The molecule has 0 aromatic heterocycles. The van der Waals surface area contributed by atoms with Gasteiger partial charge in [-0.1, -0.05) is 39.0 Å². The standard InChI is InChI=1S/C15H18BrNO3/c1-14(2,3)12-17(15(4,16)13(19)20-12)11(18)10-8-6-5-7-9-10/h5-9,12H,1-4H3. The summed E-state index contributed by atoms with van der Waals surface area (Å²) in [6.45, 7) is 7.45. The molecule has 20 heavy (non-hydrogen) atoms. The van der Waals surface area contributed by atoms with Gasteiger partial charge < -0.3 is 4.74 Å². The van der Waals surface area contributed by atoms with Crippen LogP contribution in [0.4, 0.5) is 0 Å². The highest BCUT2D eigenvalue weighted by Gasteiger charge is 2.56. The van der Waals surface area contributed by atoms with Gasteiger partial charge in [0.25, 0.3) is 5.91 Å². The van der Waals surface area contributed by atoms with Gasteiger partial charge >= 0.3 is 5.97 Å². The molecule has 0 aliphatic carbocycles. The number of carbonyl (C=O) groups is 2. The smallest absolute Gasteiger partial charge is 0.345 e. The molecular formula is C15H18BrNO3. The lowest BCUT2D eigenvalue weighted by Crippen LogP contribution is -2.51. The van der Waals surface area contributed by atoms with E-state index >= 15 is 0 Å². The summed E-state index contributed by atoms with van der Waals surface area (Å²) in [5.41, 5.74) is 0.164. The summed E-state index contributed by atoms with van der Waals surface area (Å²) < 4.78 is 4.27. The number of hydrogen-bond acceptors (Lipinski definition) is 3. The third kappa shape index (κ3) is 2.46. The zero-order valence-electron chi connectivity index (χ0n) is 12.0. The van der Waals surface area contributed by atoms with Crippen LogP contribution in [0.5, 0.6) is 0 Å². The molecular weight excluding hydrogens is 322 g/mol. The molecule has 108 valence electrons. The van der Waals surface area contributed by atoms with Gasteiger partial charge in [-0.3, -0.25) is 9.69 Å². The zero-order chi connectivity index (χ0) is 15.1. The SMILES string of the molecule is CC(C)(C)C1OC(=O)C(C)(Br)N1C(=O)c1ccccc1. The molecule has 2 atom stereocenters. The van der Waals surface area contributed by atoms with Crippen LogP contribution in [0.15, 0.2) is 30.3 Å². The van der Waals surface area contributed by atoms with Crippen molar-refractivity contribution in [2.75, 3.05) is 0 Å². The van der Waals surface area contributed by atoms with Crippen LogP contribution < -0.4 is 0 Å². The second kappa shape index (κ2) is 4.88. The van der Waals surface area contributed by atoms with Gasteiger partial charge in [-0.05, 0) is 35.0 Å². The largest absolute Gasteiger partial charge is 0.438 e. The fourth-order valence-electron chi connectivity index (χ4n) is 2.16. The topological polar surface area (TPSA) is 46.6 Å². The predicted octanol–water partition coefficient (Wildman–Crippen LogP) is 3.17. The van der Waals surface area contributed by atoms with Crippen LogP contribution in [0.2, 0.25) is 0 Å². The number of amides is 1. The molecule has 1 aromatic carbocycles. The first-order chi connectivity index (χ1) is 9.15.